The molecule has 0 radical (unpaired) electrons. The number of aliphatic hydroxyl groups is 1. The van der Waals surface area contributed by atoms with Crippen molar-refractivity contribution in [3.63, 3.8) is 0 Å². The molecule has 0 spiro atoms. The highest BCUT2D eigenvalue weighted by atomic mass is 16.3. The summed E-state index contributed by atoms with van der Waals surface area (Å²) in [6.07, 6.45) is 16.7. The largest absolute Gasteiger partial charge is 0.345 e. The molecule has 1 N–H and O–H groups in total. The minimum Gasteiger partial charge on any atom is -0.345 e. The molecule has 0 saturated carbocycles. The number of hydrogen-bond donors (Lipinski definition) is 1. The molecular weight excluding hydrogens is 260 g/mol. The Bertz CT molecular complexity index is 325. The third kappa shape index (κ3) is 5.55. The number of aliphatic hydroxyl groups excluding tert-OH is 1. The fourth-order valence-corrected chi connectivity index (χ4v) is 3.23. The number of quaternary nitrogens is 1. The summed E-state index contributed by atoms with van der Waals surface area (Å²) in [6.45, 7) is 8.10. The molecule has 0 fully saturated rings. The second-order valence-electron chi connectivity index (χ2n) is 6.31. The highest BCUT2D eigenvalue weighted by Crippen LogP contribution is 2.25. The Morgan fingerprint density at radius 1 is 1.19 bits per heavy atom. The van der Waals surface area contributed by atoms with Crippen LogP contribution in [0.4, 0.5) is 0 Å². The van der Waals surface area contributed by atoms with Crippen LogP contribution in [0.5, 0.6) is 0 Å². The average Bonchev–Trinajstić information content (AvgIpc) is 2.89. The van der Waals surface area contributed by atoms with Crippen molar-refractivity contribution in [1.82, 2.24) is 0 Å². The third-order valence-electron chi connectivity index (χ3n) is 4.86. The van der Waals surface area contributed by atoms with Gasteiger partial charge < -0.3 is 5.11 Å². The normalized spacial score (nSPS) is 26.8. The molecule has 21 heavy (non-hydrogen) atoms. The van der Waals surface area contributed by atoms with E-state index in [0.717, 1.165) is 19.5 Å². The molecule has 0 aromatic heterocycles. The van der Waals surface area contributed by atoms with Gasteiger partial charge in [0.05, 0.1) is 12.8 Å². The van der Waals surface area contributed by atoms with Crippen LogP contribution in [-0.2, 0) is 0 Å². The van der Waals surface area contributed by atoms with Crippen LogP contribution >= 0.6 is 0 Å². The highest BCUT2D eigenvalue weighted by Gasteiger charge is 2.41. The zero-order valence-electron chi connectivity index (χ0n) is 14.3. The topological polar surface area (TPSA) is 32.6 Å². The summed E-state index contributed by atoms with van der Waals surface area (Å²) >= 11 is 0. The van der Waals surface area contributed by atoms with E-state index >= 15 is 0 Å². The molecule has 1 aliphatic rings. The quantitative estimate of drug-likeness (QED) is 0.345. The van der Waals surface area contributed by atoms with Crippen molar-refractivity contribution in [1.29, 1.82) is 0 Å². The summed E-state index contributed by atoms with van der Waals surface area (Å²) in [5, 5.41) is 10.1. The van der Waals surface area contributed by atoms with Gasteiger partial charge in [-0.05, 0) is 19.8 Å². The molecule has 0 aromatic carbocycles. The summed E-state index contributed by atoms with van der Waals surface area (Å²) < 4.78 is 0.696. The van der Waals surface area contributed by atoms with Crippen molar-refractivity contribution in [2.24, 2.45) is 4.99 Å². The van der Waals surface area contributed by atoms with Gasteiger partial charge in [0.15, 0.2) is 12.4 Å². The molecule has 3 unspecified atom stereocenters. The van der Waals surface area contributed by atoms with E-state index in [1.165, 1.54) is 44.9 Å². The maximum Gasteiger partial charge on any atom is 0.189 e. The number of rotatable bonds is 11. The molecular formula is C18H35N2O+. The third-order valence-corrected chi connectivity index (χ3v) is 4.86. The average molecular weight is 295 g/mol. The van der Waals surface area contributed by atoms with E-state index in [2.05, 4.69) is 31.0 Å². The van der Waals surface area contributed by atoms with Crippen LogP contribution in [0.15, 0.2) is 17.1 Å². The zero-order valence-corrected chi connectivity index (χ0v) is 14.3. The number of nitrogens with zero attached hydrogens (tertiary/aromatic N) is 2. The lowest BCUT2D eigenvalue weighted by atomic mass is 10.1. The van der Waals surface area contributed by atoms with Gasteiger partial charge in [0.1, 0.15) is 6.54 Å². The second-order valence-corrected chi connectivity index (χ2v) is 6.31. The minimum atomic E-state index is -0.338. The van der Waals surface area contributed by atoms with Crippen molar-refractivity contribution in [2.75, 3.05) is 13.1 Å². The fraction of sp³-hybridized carbons (Fsp3) is 0.833. The predicted octanol–water partition coefficient (Wildman–Crippen LogP) is 4.27. The fourth-order valence-electron chi connectivity index (χ4n) is 3.23. The van der Waals surface area contributed by atoms with Gasteiger partial charge in [-0.3, -0.25) is 4.48 Å². The highest BCUT2D eigenvalue weighted by molar-refractivity contribution is 5.60. The van der Waals surface area contributed by atoms with Crippen LogP contribution < -0.4 is 0 Å². The lowest BCUT2D eigenvalue weighted by Crippen LogP contribution is -2.57. The van der Waals surface area contributed by atoms with Crippen LogP contribution in [0.25, 0.3) is 0 Å². The Balaban J connectivity index is 2.21. The maximum absolute atomic E-state index is 10.1. The Morgan fingerprint density at radius 2 is 1.90 bits per heavy atom. The van der Waals surface area contributed by atoms with Gasteiger partial charge in [-0.15, -0.1) is 0 Å². The summed E-state index contributed by atoms with van der Waals surface area (Å²) in [7, 11) is 0. The monoisotopic (exact) mass is 295 g/mol. The first-order valence-electron chi connectivity index (χ1n) is 8.88. The zero-order chi connectivity index (χ0) is 15.6. The summed E-state index contributed by atoms with van der Waals surface area (Å²) in [6, 6.07) is 0. The number of allylic oxidation sites excluding steroid dienone is 1. The molecule has 3 nitrogen and oxygen atoms in total. The van der Waals surface area contributed by atoms with Crippen LogP contribution in [0.2, 0.25) is 0 Å². The molecule has 1 aliphatic heterocycles. The van der Waals surface area contributed by atoms with Gasteiger partial charge >= 0.3 is 0 Å². The SMILES string of the molecule is CCCCCCCC/C=C/CC1N=CC[N+]1(CC)C(C)O. The van der Waals surface area contributed by atoms with E-state index in [9.17, 15) is 5.11 Å². The molecule has 1 rings (SSSR count). The molecule has 0 saturated heterocycles. The van der Waals surface area contributed by atoms with Gasteiger partial charge in [-0.2, -0.15) is 0 Å². The van der Waals surface area contributed by atoms with Crippen molar-refractivity contribution in [3.05, 3.63) is 12.2 Å². The van der Waals surface area contributed by atoms with Gasteiger partial charge in [0.2, 0.25) is 0 Å². The van der Waals surface area contributed by atoms with Crippen molar-refractivity contribution >= 4 is 6.21 Å². The van der Waals surface area contributed by atoms with Gasteiger partial charge in [0.25, 0.3) is 0 Å². The van der Waals surface area contributed by atoms with Crippen molar-refractivity contribution < 1.29 is 9.59 Å². The van der Waals surface area contributed by atoms with Gasteiger partial charge in [-0.25, -0.2) is 4.99 Å². The molecule has 0 aliphatic carbocycles. The minimum absolute atomic E-state index is 0.204. The number of unbranched alkanes of at least 4 members (excludes halogenated alkanes) is 6. The second kappa shape index (κ2) is 10.1. The molecule has 1 heterocycles. The van der Waals surface area contributed by atoms with E-state index in [1.807, 2.05) is 13.1 Å². The molecule has 3 atom stereocenters. The van der Waals surface area contributed by atoms with E-state index < -0.39 is 0 Å². The van der Waals surface area contributed by atoms with Crippen LogP contribution in [-0.4, -0.2) is 41.3 Å². The maximum atomic E-state index is 10.1. The summed E-state index contributed by atoms with van der Waals surface area (Å²) in [5.74, 6) is 0. The summed E-state index contributed by atoms with van der Waals surface area (Å²) in [4.78, 5) is 4.59. The Morgan fingerprint density at radius 3 is 2.57 bits per heavy atom. The Hall–Kier alpha value is -0.670. The molecule has 0 amide bonds. The van der Waals surface area contributed by atoms with Crippen LogP contribution in [0.1, 0.15) is 72.1 Å². The van der Waals surface area contributed by atoms with Gasteiger partial charge in [0, 0.05) is 13.3 Å². The molecule has 0 aromatic rings. The van der Waals surface area contributed by atoms with Crippen LogP contribution in [0, 0.1) is 0 Å². The molecule has 0 bridgehead atoms. The van der Waals surface area contributed by atoms with E-state index in [4.69, 9.17) is 0 Å². The summed E-state index contributed by atoms with van der Waals surface area (Å²) in [5.41, 5.74) is 0. The van der Waals surface area contributed by atoms with E-state index in [0.29, 0.717) is 4.48 Å². The first-order chi connectivity index (χ1) is 10.2. The standard InChI is InChI=1S/C18H35N2O/c1-4-6-7-8-9-10-11-12-13-14-18-19-15-16-20(18,5-2)17(3)21/h12-13,15,17-18,21H,4-11,14,16H2,1-3H3/q+1/b13-12+. The molecule has 122 valence electrons. The van der Waals surface area contributed by atoms with Crippen molar-refractivity contribution in [2.45, 2.75) is 84.5 Å². The molecule has 3 heteroatoms. The smallest absolute Gasteiger partial charge is 0.189 e. The van der Waals surface area contributed by atoms with Crippen LogP contribution in [0.3, 0.4) is 0 Å². The Labute approximate surface area is 131 Å². The number of hydrogen-bond acceptors (Lipinski definition) is 2. The van der Waals surface area contributed by atoms with Gasteiger partial charge in [-0.1, -0.05) is 51.2 Å². The lowest BCUT2D eigenvalue weighted by Gasteiger charge is -2.39. The first kappa shape index (κ1) is 18.4. The van der Waals surface area contributed by atoms with Crippen molar-refractivity contribution in [3.8, 4) is 0 Å². The first-order valence-corrected chi connectivity index (χ1v) is 8.88. The predicted molar refractivity (Wildman–Crippen MR) is 91.4 cm³/mol. The van der Waals surface area contributed by atoms with E-state index in [-0.39, 0.29) is 12.4 Å². The Kier molecular flexibility index (Phi) is 8.86. The number of aliphatic imine (C=N–C) groups is 1. The van der Waals surface area contributed by atoms with E-state index in [1.54, 1.807) is 0 Å². The lowest BCUT2D eigenvalue weighted by molar-refractivity contribution is -0.976.